The van der Waals surface area contributed by atoms with E-state index in [4.69, 9.17) is 0 Å². The number of nitrogens with zero attached hydrogens (tertiary/aromatic N) is 2. The van der Waals surface area contributed by atoms with Crippen molar-refractivity contribution in [3.05, 3.63) is 72.1 Å². The van der Waals surface area contributed by atoms with Crippen molar-refractivity contribution in [1.82, 2.24) is 9.97 Å². The Bertz CT molecular complexity index is 755. The van der Waals surface area contributed by atoms with E-state index in [-0.39, 0.29) is 0 Å². The van der Waals surface area contributed by atoms with Crippen molar-refractivity contribution in [2.45, 2.75) is 18.7 Å². The highest BCUT2D eigenvalue weighted by Crippen LogP contribution is 2.24. The molecule has 0 saturated carbocycles. The largest absolute Gasteiger partial charge is 0.294 e. The summed E-state index contributed by atoms with van der Waals surface area (Å²) >= 11 is 1.51. The maximum atomic E-state index is 4.39. The van der Waals surface area contributed by atoms with Gasteiger partial charge in [-0.15, -0.1) is 0 Å². The minimum atomic E-state index is 0.613. The molecule has 3 rings (SSSR count). The lowest BCUT2D eigenvalue weighted by atomic mass is 10.0. The molecular weight excluding hydrogens is 290 g/mol. The van der Waals surface area contributed by atoms with E-state index in [1.807, 2.05) is 42.7 Å². The van der Waals surface area contributed by atoms with Crippen molar-refractivity contribution in [1.29, 1.82) is 0 Å². The number of hydrogen-bond donors (Lipinski definition) is 1. The van der Waals surface area contributed by atoms with Crippen LogP contribution in [0.4, 0.5) is 5.95 Å². The number of benzene rings is 2. The zero-order valence-electron chi connectivity index (χ0n) is 12.6. The molecule has 0 aliphatic rings. The fourth-order valence-corrected chi connectivity index (χ4v) is 2.86. The Morgan fingerprint density at radius 1 is 0.909 bits per heavy atom. The highest BCUT2D eigenvalue weighted by atomic mass is 32.2. The van der Waals surface area contributed by atoms with Gasteiger partial charge in [-0.05, 0) is 49.1 Å². The van der Waals surface area contributed by atoms with E-state index in [1.54, 1.807) is 0 Å². The van der Waals surface area contributed by atoms with Crippen LogP contribution >= 0.6 is 11.9 Å². The van der Waals surface area contributed by atoms with Crippen molar-refractivity contribution in [2.75, 3.05) is 4.72 Å². The number of rotatable bonds is 4. The molecule has 22 heavy (non-hydrogen) atoms. The smallest absolute Gasteiger partial charge is 0.233 e. The van der Waals surface area contributed by atoms with Crippen LogP contribution in [0.25, 0.3) is 11.1 Å². The fraction of sp³-hybridized carbons (Fsp3) is 0.111. The second kappa shape index (κ2) is 6.62. The van der Waals surface area contributed by atoms with Gasteiger partial charge in [-0.3, -0.25) is 4.72 Å². The first-order valence-electron chi connectivity index (χ1n) is 7.10. The molecule has 0 atom stereocenters. The number of hydrogen-bond acceptors (Lipinski definition) is 4. The Balaban J connectivity index is 1.72. The van der Waals surface area contributed by atoms with Crippen molar-refractivity contribution >= 4 is 17.9 Å². The summed E-state index contributed by atoms with van der Waals surface area (Å²) in [6.07, 6.45) is 3.72. The van der Waals surface area contributed by atoms with Crippen LogP contribution in [0.1, 0.15) is 11.1 Å². The van der Waals surface area contributed by atoms with E-state index in [9.17, 15) is 0 Å². The maximum Gasteiger partial charge on any atom is 0.233 e. The summed E-state index contributed by atoms with van der Waals surface area (Å²) < 4.78 is 3.16. The first kappa shape index (κ1) is 14.6. The van der Waals surface area contributed by atoms with Gasteiger partial charge < -0.3 is 0 Å². The van der Waals surface area contributed by atoms with Gasteiger partial charge in [0, 0.05) is 22.9 Å². The summed E-state index contributed by atoms with van der Waals surface area (Å²) in [5.74, 6) is 0.613. The number of aromatic nitrogens is 2. The molecule has 0 saturated heterocycles. The SMILES string of the molecule is Cc1ccc(-c2cnc(NSc3ccccc3)nc2)c(C)c1. The Morgan fingerprint density at radius 3 is 2.32 bits per heavy atom. The van der Waals surface area contributed by atoms with Crippen LogP contribution in [-0.4, -0.2) is 9.97 Å². The predicted molar refractivity (Wildman–Crippen MR) is 92.9 cm³/mol. The van der Waals surface area contributed by atoms with Crippen molar-refractivity contribution in [3.8, 4) is 11.1 Å². The molecule has 3 aromatic rings. The highest BCUT2D eigenvalue weighted by Gasteiger charge is 2.04. The maximum absolute atomic E-state index is 4.39. The van der Waals surface area contributed by atoms with Gasteiger partial charge in [0.15, 0.2) is 0 Å². The summed E-state index contributed by atoms with van der Waals surface area (Å²) in [5.41, 5.74) is 4.71. The number of nitrogens with one attached hydrogen (secondary N) is 1. The molecule has 0 amide bonds. The average Bonchev–Trinajstić information content (AvgIpc) is 2.55. The molecule has 1 N–H and O–H groups in total. The molecule has 0 unspecified atom stereocenters. The van der Waals surface area contributed by atoms with E-state index >= 15 is 0 Å². The fourth-order valence-electron chi connectivity index (χ4n) is 2.25. The van der Waals surface area contributed by atoms with Crippen LogP contribution in [0.2, 0.25) is 0 Å². The Morgan fingerprint density at radius 2 is 1.64 bits per heavy atom. The lowest BCUT2D eigenvalue weighted by molar-refractivity contribution is 1.18. The van der Waals surface area contributed by atoms with E-state index < -0.39 is 0 Å². The standard InChI is InChI=1S/C18H17N3S/c1-13-8-9-17(14(2)10-13)15-11-19-18(20-12-15)21-22-16-6-4-3-5-7-16/h3-12H,1-2H3,(H,19,20,21). The van der Waals surface area contributed by atoms with Gasteiger partial charge in [0.1, 0.15) is 0 Å². The summed E-state index contributed by atoms with van der Waals surface area (Å²) in [7, 11) is 0. The van der Waals surface area contributed by atoms with E-state index in [2.05, 4.69) is 46.7 Å². The second-order valence-electron chi connectivity index (χ2n) is 5.13. The zero-order chi connectivity index (χ0) is 15.4. The lowest BCUT2D eigenvalue weighted by Gasteiger charge is -2.08. The van der Waals surface area contributed by atoms with E-state index in [1.165, 1.54) is 28.6 Å². The molecule has 0 aliphatic heterocycles. The van der Waals surface area contributed by atoms with Crippen LogP contribution in [0.15, 0.2) is 65.8 Å². The van der Waals surface area contributed by atoms with Crippen LogP contribution in [0.5, 0.6) is 0 Å². The number of aryl methyl sites for hydroxylation is 2. The minimum Gasteiger partial charge on any atom is -0.294 e. The minimum absolute atomic E-state index is 0.613. The van der Waals surface area contributed by atoms with Crippen LogP contribution in [0, 0.1) is 13.8 Å². The topological polar surface area (TPSA) is 37.8 Å². The van der Waals surface area contributed by atoms with Crippen molar-refractivity contribution in [2.24, 2.45) is 0 Å². The quantitative estimate of drug-likeness (QED) is 0.697. The average molecular weight is 307 g/mol. The first-order valence-corrected chi connectivity index (χ1v) is 7.91. The van der Waals surface area contributed by atoms with E-state index in [0.717, 1.165) is 10.5 Å². The second-order valence-corrected chi connectivity index (χ2v) is 6.01. The van der Waals surface area contributed by atoms with Gasteiger partial charge >= 0.3 is 0 Å². The van der Waals surface area contributed by atoms with Crippen LogP contribution < -0.4 is 4.72 Å². The van der Waals surface area contributed by atoms with Gasteiger partial charge in [-0.2, -0.15) is 0 Å². The van der Waals surface area contributed by atoms with Crippen LogP contribution in [0.3, 0.4) is 0 Å². The molecule has 1 aromatic heterocycles. The predicted octanol–water partition coefficient (Wildman–Crippen LogP) is 4.88. The Hall–Kier alpha value is -2.33. The molecule has 0 spiro atoms. The highest BCUT2D eigenvalue weighted by molar-refractivity contribution is 8.00. The Labute approximate surface area is 135 Å². The molecule has 3 nitrogen and oxygen atoms in total. The third kappa shape index (κ3) is 3.46. The molecule has 2 aromatic carbocycles. The van der Waals surface area contributed by atoms with Crippen LogP contribution in [-0.2, 0) is 0 Å². The third-order valence-electron chi connectivity index (χ3n) is 3.35. The number of anilines is 1. The van der Waals surface area contributed by atoms with Gasteiger partial charge in [0.25, 0.3) is 0 Å². The lowest BCUT2D eigenvalue weighted by Crippen LogP contribution is -1.95. The monoisotopic (exact) mass is 307 g/mol. The van der Waals surface area contributed by atoms with Gasteiger partial charge in [0.2, 0.25) is 5.95 Å². The molecular formula is C18H17N3S. The van der Waals surface area contributed by atoms with E-state index in [0.29, 0.717) is 5.95 Å². The van der Waals surface area contributed by atoms with Crippen molar-refractivity contribution in [3.63, 3.8) is 0 Å². The molecule has 0 bridgehead atoms. The normalized spacial score (nSPS) is 10.5. The molecule has 0 fully saturated rings. The first-order chi connectivity index (χ1) is 10.7. The van der Waals surface area contributed by atoms with Gasteiger partial charge in [-0.1, -0.05) is 42.0 Å². The van der Waals surface area contributed by atoms with Gasteiger partial charge in [-0.25, -0.2) is 9.97 Å². The van der Waals surface area contributed by atoms with Gasteiger partial charge in [0.05, 0.1) is 0 Å². The summed E-state index contributed by atoms with van der Waals surface area (Å²) in [6, 6.07) is 16.5. The third-order valence-corrected chi connectivity index (χ3v) is 4.14. The summed E-state index contributed by atoms with van der Waals surface area (Å²) in [5, 5.41) is 0. The summed E-state index contributed by atoms with van der Waals surface area (Å²) in [6.45, 7) is 4.21. The Kier molecular flexibility index (Phi) is 4.39. The molecule has 1 heterocycles. The molecule has 110 valence electrons. The molecule has 4 heteroatoms. The summed E-state index contributed by atoms with van der Waals surface area (Å²) in [4.78, 5) is 9.91. The molecule has 0 radical (unpaired) electrons. The van der Waals surface area contributed by atoms with Crippen molar-refractivity contribution < 1.29 is 0 Å². The zero-order valence-corrected chi connectivity index (χ0v) is 13.4. The molecule has 0 aliphatic carbocycles.